The van der Waals surface area contributed by atoms with Crippen LogP contribution in [-0.4, -0.2) is 33.2 Å². The molecule has 6 nitrogen and oxygen atoms in total. The van der Waals surface area contributed by atoms with Gasteiger partial charge in [-0.05, 0) is 60.3 Å². The molecule has 3 aromatic carbocycles. The zero-order valence-corrected chi connectivity index (χ0v) is 17.5. The summed E-state index contributed by atoms with van der Waals surface area (Å²) in [5.41, 5.74) is 2.40. The van der Waals surface area contributed by atoms with Crippen LogP contribution in [0.15, 0.2) is 78.5 Å². The Bertz CT molecular complexity index is 1160. The van der Waals surface area contributed by atoms with Crippen LogP contribution in [0.1, 0.15) is 11.1 Å². The quantitative estimate of drug-likeness (QED) is 0.463. The Morgan fingerprint density at radius 1 is 1.00 bits per heavy atom. The Balaban J connectivity index is 1.53. The van der Waals surface area contributed by atoms with E-state index in [2.05, 4.69) is 0 Å². The van der Waals surface area contributed by atoms with Gasteiger partial charge in [-0.25, -0.2) is 0 Å². The van der Waals surface area contributed by atoms with E-state index in [-0.39, 0.29) is 17.4 Å². The number of hydrogen-bond acceptors (Lipinski definition) is 5. The van der Waals surface area contributed by atoms with E-state index >= 15 is 0 Å². The van der Waals surface area contributed by atoms with E-state index in [1.54, 1.807) is 42.3 Å². The van der Waals surface area contributed by atoms with Gasteiger partial charge in [0, 0.05) is 18.7 Å². The van der Waals surface area contributed by atoms with Crippen LogP contribution >= 0.6 is 12.2 Å². The van der Waals surface area contributed by atoms with E-state index in [0.29, 0.717) is 34.4 Å². The van der Waals surface area contributed by atoms with Crippen LogP contribution < -0.4 is 9.64 Å². The highest BCUT2D eigenvalue weighted by atomic mass is 32.1. The number of thiocarbonyl (C=S) groups is 1. The molecule has 4 rings (SSSR count). The van der Waals surface area contributed by atoms with Gasteiger partial charge in [0.1, 0.15) is 29.6 Å². The molecule has 0 saturated carbocycles. The van der Waals surface area contributed by atoms with Crippen LogP contribution in [0.2, 0.25) is 0 Å². The van der Waals surface area contributed by atoms with Crippen LogP contribution in [0.4, 0.5) is 5.69 Å². The normalized spacial score (nSPS) is 15.1. The molecule has 7 heteroatoms. The predicted molar refractivity (Wildman–Crippen MR) is 123 cm³/mol. The lowest BCUT2D eigenvalue weighted by atomic mass is 10.1. The summed E-state index contributed by atoms with van der Waals surface area (Å²) in [7, 11) is 1.70. The fraction of sp³-hybridized carbons (Fsp3) is 0.0833. The van der Waals surface area contributed by atoms with Crippen LogP contribution in [0.3, 0.4) is 0 Å². The summed E-state index contributed by atoms with van der Waals surface area (Å²) in [6.45, 7) is 0.451. The maximum absolute atomic E-state index is 13.1. The second kappa shape index (κ2) is 8.49. The molecule has 0 radical (unpaired) electrons. The number of carbonyl (C=O) groups excluding carboxylic acids is 1. The van der Waals surface area contributed by atoms with Crippen molar-refractivity contribution in [2.24, 2.45) is 0 Å². The van der Waals surface area contributed by atoms with Crippen LogP contribution in [0.25, 0.3) is 6.08 Å². The van der Waals surface area contributed by atoms with Crippen molar-refractivity contribution in [2.45, 2.75) is 6.61 Å². The van der Waals surface area contributed by atoms with E-state index < -0.39 is 0 Å². The largest absolute Gasteiger partial charge is 0.508 e. The number of amides is 1. The first-order valence-electron chi connectivity index (χ1n) is 9.56. The van der Waals surface area contributed by atoms with Gasteiger partial charge in [0.05, 0.1) is 5.69 Å². The van der Waals surface area contributed by atoms with E-state index in [1.807, 2.05) is 30.3 Å². The number of carbonyl (C=O) groups is 1. The lowest BCUT2D eigenvalue weighted by molar-refractivity contribution is -0.114. The third-order valence-electron chi connectivity index (χ3n) is 4.91. The molecule has 2 N–H and O–H groups in total. The summed E-state index contributed by atoms with van der Waals surface area (Å²) in [5.74, 6) is 0.191. The predicted octanol–water partition coefficient (Wildman–Crippen LogP) is 4.28. The van der Waals surface area contributed by atoms with Gasteiger partial charge < -0.3 is 19.8 Å². The molecule has 1 aliphatic rings. The summed E-state index contributed by atoms with van der Waals surface area (Å²) in [6, 6.07) is 21.2. The van der Waals surface area contributed by atoms with Gasteiger partial charge in [-0.15, -0.1) is 0 Å². The van der Waals surface area contributed by atoms with E-state index in [1.165, 1.54) is 23.1 Å². The van der Waals surface area contributed by atoms with Gasteiger partial charge in [0.2, 0.25) is 0 Å². The lowest BCUT2D eigenvalue weighted by Gasteiger charge is -2.17. The summed E-state index contributed by atoms with van der Waals surface area (Å²) < 4.78 is 5.80. The summed E-state index contributed by atoms with van der Waals surface area (Å²) >= 11 is 5.47. The maximum atomic E-state index is 13.1. The maximum Gasteiger partial charge on any atom is 0.281 e. The molecule has 0 bridgehead atoms. The number of nitrogens with zero attached hydrogens (tertiary/aromatic N) is 2. The number of likely N-dealkylation sites (N-methyl/N-ethyl adjacent to an activating group) is 1. The van der Waals surface area contributed by atoms with Crippen LogP contribution in [-0.2, 0) is 11.4 Å². The summed E-state index contributed by atoms with van der Waals surface area (Å²) in [4.78, 5) is 16.1. The number of hydrogen-bond donors (Lipinski definition) is 2. The minimum Gasteiger partial charge on any atom is -0.508 e. The number of rotatable bonds is 5. The second-order valence-electron chi connectivity index (χ2n) is 7.02. The third-order valence-corrected chi connectivity index (χ3v) is 5.37. The molecule has 1 aliphatic heterocycles. The molecule has 1 heterocycles. The van der Waals surface area contributed by atoms with Gasteiger partial charge in [-0.2, -0.15) is 0 Å². The molecule has 0 atom stereocenters. The van der Waals surface area contributed by atoms with Crippen molar-refractivity contribution in [2.75, 3.05) is 11.9 Å². The molecular formula is C24H20N2O4S. The molecule has 0 aromatic heterocycles. The molecule has 1 saturated heterocycles. The van der Waals surface area contributed by atoms with Crippen LogP contribution in [0, 0.1) is 0 Å². The molecule has 0 unspecified atom stereocenters. The van der Waals surface area contributed by atoms with E-state index in [9.17, 15) is 15.0 Å². The molecule has 156 valence electrons. The van der Waals surface area contributed by atoms with Gasteiger partial charge in [0.15, 0.2) is 5.11 Å². The first kappa shape index (κ1) is 20.4. The highest BCUT2D eigenvalue weighted by Gasteiger charge is 2.36. The molecule has 3 aromatic rings. The minimum absolute atomic E-state index is 0.0579. The molecule has 0 spiro atoms. The highest BCUT2D eigenvalue weighted by Crippen LogP contribution is 2.31. The summed E-state index contributed by atoms with van der Waals surface area (Å²) in [5, 5.41) is 19.8. The number of benzene rings is 3. The highest BCUT2D eigenvalue weighted by molar-refractivity contribution is 7.80. The zero-order valence-electron chi connectivity index (χ0n) is 16.7. The summed E-state index contributed by atoms with van der Waals surface area (Å²) in [6.07, 6.45) is 1.54. The van der Waals surface area contributed by atoms with E-state index in [0.717, 1.165) is 5.56 Å². The second-order valence-corrected chi connectivity index (χ2v) is 7.39. The Morgan fingerprint density at radius 2 is 1.71 bits per heavy atom. The molecule has 1 fully saturated rings. The topological polar surface area (TPSA) is 73.2 Å². The minimum atomic E-state index is -0.307. The molecule has 31 heavy (non-hydrogen) atoms. The number of aromatic hydroxyl groups is 2. The zero-order chi connectivity index (χ0) is 22.0. The Morgan fingerprint density at radius 3 is 2.39 bits per heavy atom. The average Bonchev–Trinajstić information content (AvgIpc) is 2.98. The van der Waals surface area contributed by atoms with Gasteiger partial charge in [-0.3, -0.25) is 9.69 Å². The molecule has 0 aliphatic carbocycles. The van der Waals surface area contributed by atoms with Crippen LogP contribution in [0.5, 0.6) is 17.2 Å². The fourth-order valence-electron chi connectivity index (χ4n) is 3.22. The Hall–Kier alpha value is -3.84. The lowest BCUT2D eigenvalue weighted by Crippen LogP contribution is -2.31. The standard InChI is InChI=1S/C24H20N2O4S/c1-25-21(13-17-7-10-19(27)14-22(17)28)23(29)26(24(25)31)18-8-11-20(12-9-18)30-15-16-5-3-2-4-6-16/h2-14,27-28H,15H2,1H3/b21-13+. The van der Waals surface area contributed by atoms with Crippen molar-refractivity contribution < 1.29 is 19.7 Å². The Kier molecular flexibility index (Phi) is 5.60. The SMILES string of the molecule is CN1C(=S)N(c2ccc(OCc3ccccc3)cc2)C(=O)/C1=C\c1ccc(O)cc1O. The molecule has 1 amide bonds. The third kappa shape index (κ3) is 4.22. The van der Waals surface area contributed by atoms with Gasteiger partial charge >= 0.3 is 0 Å². The first-order valence-corrected chi connectivity index (χ1v) is 9.97. The van der Waals surface area contributed by atoms with Crippen molar-refractivity contribution in [3.05, 3.63) is 89.6 Å². The van der Waals surface area contributed by atoms with Gasteiger partial charge in [-0.1, -0.05) is 30.3 Å². The van der Waals surface area contributed by atoms with Crippen molar-refractivity contribution in [3.8, 4) is 17.2 Å². The van der Waals surface area contributed by atoms with Crippen molar-refractivity contribution in [3.63, 3.8) is 0 Å². The first-order chi connectivity index (χ1) is 14.9. The fourth-order valence-corrected chi connectivity index (χ4v) is 3.50. The van der Waals surface area contributed by atoms with Crippen molar-refractivity contribution >= 4 is 35.0 Å². The van der Waals surface area contributed by atoms with Gasteiger partial charge in [0.25, 0.3) is 5.91 Å². The smallest absolute Gasteiger partial charge is 0.281 e. The van der Waals surface area contributed by atoms with E-state index in [4.69, 9.17) is 17.0 Å². The number of ether oxygens (including phenoxy) is 1. The number of phenolic OH excluding ortho intramolecular Hbond substituents is 2. The number of anilines is 1. The number of phenols is 2. The average molecular weight is 433 g/mol. The molecular weight excluding hydrogens is 412 g/mol. The van der Waals surface area contributed by atoms with Crippen molar-refractivity contribution in [1.82, 2.24) is 4.90 Å². The monoisotopic (exact) mass is 432 g/mol. The van der Waals surface area contributed by atoms with Crippen molar-refractivity contribution in [1.29, 1.82) is 0 Å². The Labute approximate surface area is 185 Å².